The SMILES string of the molecule is CC(C)(C)c1ccc(S(=O)(=O)Nc2cccc(-c3c(C(=O)O)c(N)[nH]c(=O)c3C(=O)O)c2)cc1. The fourth-order valence-corrected chi connectivity index (χ4v) is 4.47. The van der Waals surface area contributed by atoms with Crippen molar-refractivity contribution in [1.82, 2.24) is 4.98 Å². The van der Waals surface area contributed by atoms with Crippen molar-refractivity contribution in [3.8, 4) is 11.1 Å². The number of nitrogens with one attached hydrogen (secondary N) is 2. The predicted molar refractivity (Wildman–Crippen MR) is 127 cm³/mol. The van der Waals surface area contributed by atoms with E-state index < -0.39 is 50.0 Å². The lowest BCUT2D eigenvalue weighted by atomic mass is 9.87. The molecule has 0 aliphatic heterocycles. The molecule has 11 heteroatoms. The zero-order chi connectivity index (χ0) is 25.4. The van der Waals surface area contributed by atoms with E-state index in [0.717, 1.165) is 5.56 Å². The van der Waals surface area contributed by atoms with Gasteiger partial charge in [0.2, 0.25) is 0 Å². The highest BCUT2D eigenvalue weighted by Gasteiger charge is 2.27. The summed E-state index contributed by atoms with van der Waals surface area (Å²) >= 11 is 0. The van der Waals surface area contributed by atoms with Crippen LogP contribution >= 0.6 is 0 Å². The van der Waals surface area contributed by atoms with Crippen LogP contribution in [0.4, 0.5) is 11.5 Å². The maximum Gasteiger partial charge on any atom is 0.342 e. The molecule has 1 heterocycles. The second-order valence-corrected chi connectivity index (χ2v) is 10.2. The van der Waals surface area contributed by atoms with Crippen LogP contribution in [0.1, 0.15) is 47.1 Å². The molecule has 3 aromatic rings. The van der Waals surface area contributed by atoms with E-state index in [9.17, 15) is 33.0 Å². The highest BCUT2D eigenvalue weighted by molar-refractivity contribution is 7.92. The van der Waals surface area contributed by atoms with Gasteiger partial charge in [-0.3, -0.25) is 9.52 Å². The van der Waals surface area contributed by atoms with Crippen LogP contribution in [-0.2, 0) is 15.4 Å². The lowest BCUT2D eigenvalue weighted by Gasteiger charge is -2.19. The third kappa shape index (κ3) is 4.79. The lowest BCUT2D eigenvalue weighted by Crippen LogP contribution is -2.24. The number of rotatable bonds is 6. The molecule has 0 radical (unpaired) electrons. The third-order valence-electron chi connectivity index (χ3n) is 5.11. The van der Waals surface area contributed by atoms with Crippen molar-refractivity contribution < 1.29 is 28.2 Å². The first-order valence-corrected chi connectivity index (χ1v) is 11.5. The van der Waals surface area contributed by atoms with Gasteiger partial charge in [-0.1, -0.05) is 45.0 Å². The Hall–Kier alpha value is -4.12. The third-order valence-corrected chi connectivity index (χ3v) is 6.50. The zero-order valence-corrected chi connectivity index (χ0v) is 19.4. The molecule has 34 heavy (non-hydrogen) atoms. The van der Waals surface area contributed by atoms with Gasteiger partial charge < -0.3 is 20.9 Å². The number of hydrogen-bond acceptors (Lipinski definition) is 6. The van der Waals surface area contributed by atoms with Gasteiger partial charge in [0.05, 0.1) is 4.90 Å². The van der Waals surface area contributed by atoms with Gasteiger partial charge in [-0.05, 0) is 40.8 Å². The molecule has 3 rings (SSSR count). The summed E-state index contributed by atoms with van der Waals surface area (Å²) in [7, 11) is -4.02. The number of aromatic nitrogens is 1. The number of nitrogens with two attached hydrogens (primary N) is 1. The van der Waals surface area contributed by atoms with Crippen molar-refractivity contribution in [2.24, 2.45) is 0 Å². The van der Waals surface area contributed by atoms with Gasteiger partial charge in [0, 0.05) is 11.3 Å². The average Bonchev–Trinajstić information content (AvgIpc) is 2.72. The largest absolute Gasteiger partial charge is 0.478 e. The molecular formula is C23H23N3O7S. The molecule has 0 aliphatic carbocycles. The van der Waals surface area contributed by atoms with Crippen LogP contribution in [0.2, 0.25) is 0 Å². The molecule has 10 nitrogen and oxygen atoms in total. The van der Waals surface area contributed by atoms with Crippen molar-refractivity contribution in [1.29, 1.82) is 0 Å². The molecular weight excluding hydrogens is 462 g/mol. The summed E-state index contributed by atoms with van der Waals surface area (Å²) in [5.74, 6) is -3.75. The van der Waals surface area contributed by atoms with Crippen molar-refractivity contribution in [3.63, 3.8) is 0 Å². The molecule has 0 saturated carbocycles. The molecule has 0 spiro atoms. The van der Waals surface area contributed by atoms with Crippen molar-refractivity contribution in [3.05, 3.63) is 75.6 Å². The monoisotopic (exact) mass is 485 g/mol. The average molecular weight is 486 g/mol. The molecule has 0 unspecified atom stereocenters. The van der Waals surface area contributed by atoms with Crippen LogP contribution in [0.3, 0.4) is 0 Å². The minimum absolute atomic E-state index is 0.00348. The second kappa shape index (κ2) is 8.67. The Kier molecular flexibility index (Phi) is 6.25. The van der Waals surface area contributed by atoms with Crippen LogP contribution < -0.4 is 16.0 Å². The number of benzene rings is 2. The van der Waals surface area contributed by atoms with Crippen LogP contribution in [0.5, 0.6) is 0 Å². The Morgan fingerprint density at radius 3 is 2.09 bits per heavy atom. The number of nitrogen functional groups attached to an aromatic ring is 1. The van der Waals surface area contributed by atoms with Crippen molar-refractivity contribution in [2.75, 3.05) is 10.5 Å². The molecule has 0 amide bonds. The Balaban J connectivity index is 2.10. The number of anilines is 2. The molecule has 2 aromatic carbocycles. The highest BCUT2D eigenvalue weighted by Crippen LogP contribution is 2.31. The summed E-state index contributed by atoms with van der Waals surface area (Å²) in [6.45, 7) is 6.00. The summed E-state index contributed by atoms with van der Waals surface area (Å²) in [5.41, 5.74) is 3.48. The summed E-state index contributed by atoms with van der Waals surface area (Å²) in [6.07, 6.45) is 0. The van der Waals surface area contributed by atoms with E-state index in [1.807, 2.05) is 25.8 Å². The topological polar surface area (TPSA) is 180 Å². The van der Waals surface area contributed by atoms with Gasteiger partial charge in [-0.15, -0.1) is 0 Å². The molecule has 1 aromatic heterocycles. The van der Waals surface area contributed by atoms with Crippen LogP contribution in [-0.4, -0.2) is 35.6 Å². The maximum absolute atomic E-state index is 12.9. The number of sulfonamides is 1. The number of pyridine rings is 1. The van der Waals surface area contributed by atoms with Gasteiger partial charge in [0.1, 0.15) is 16.9 Å². The van der Waals surface area contributed by atoms with Crippen LogP contribution in [0.15, 0.2) is 58.2 Å². The predicted octanol–water partition coefficient (Wildman–Crippen LogP) is 3.12. The van der Waals surface area contributed by atoms with E-state index in [0.29, 0.717) is 0 Å². The van der Waals surface area contributed by atoms with Crippen LogP contribution in [0.25, 0.3) is 11.1 Å². The van der Waals surface area contributed by atoms with Gasteiger partial charge in [-0.25, -0.2) is 18.0 Å². The molecule has 0 bridgehead atoms. The van der Waals surface area contributed by atoms with Gasteiger partial charge in [-0.2, -0.15) is 0 Å². The number of aromatic carboxylic acids is 2. The number of aromatic amines is 1. The van der Waals surface area contributed by atoms with E-state index >= 15 is 0 Å². The Bertz CT molecular complexity index is 1450. The van der Waals surface area contributed by atoms with Gasteiger partial charge in [0.15, 0.2) is 0 Å². The normalized spacial score (nSPS) is 11.7. The van der Waals surface area contributed by atoms with Gasteiger partial charge in [0.25, 0.3) is 15.6 Å². The van der Waals surface area contributed by atoms with E-state index in [1.165, 1.54) is 36.4 Å². The van der Waals surface area contributed by atoms with Crippen molar-refractivity contribution in [2.45, 2.75) is 31.1 Å². The number of carboxylic acids is 2. The Morgan fingerprint density at radius 2 is 1.56 bits per heavy atom. The van der Waals surface area contributed by atoms with E-state index in [2.05, 4.69) is 4.72 Å². The molecule has 0 saturated heterocycles. The number of H-pyrrole nitrogens is 1. The first-order valence-electron chi connectivity index (χ1n) is 9.98. The molecule has 0 aliphatic rings. The van der Waals surface area contributed by atoms with E-state index in [1.54, 1.807) is 12.1 Å². The van der Waals surface area contributed by atoms with Gasteiger partial charge >= 0.3 is 11.9 Å². The summed E-state index contributed by atoms with van der Waals surface area (Å²) in [4.78, 5) is 37.8. The van der Waals surface area contributed by atoms with Crippen LogP contribution in [0, 0.1) is 0 Å². The fraction of sp³-hybridized carbons (Fsp3) is 0.174. The first-order chi connectivity index (χ1) is 15.7. The zero-order valence-electron chi connectivity index (χ0n) is 18.5. The first kappa shape index (κ1) is 24.5. The number of hydrogen-bond donors (Lipinski definition) is 5. The van der Waals surface area contributed by atoms with E-state index in [4.69, 9.17) is 5.73 Å². The molecule has 0 atom stereocenters. The summed E-state index contributed by atoms with van der Waals surface area (Å²) in [6, 6.07) is 11.7. The second-order valence-electron chi connectivity index (χ2n) is 8.56. The maximum atomic E-state index is 12.9. The van der Waals surface area contributed by atoms with Crippen molar-refractivity contribution >= 4 is 33.5 Å². The highest BCUT2D eigenvalue weighted by atomic mass is 32.2. The minimum Gasteiger partial charge on any atom is -0.478 e. The quantitative estimate of drug-likeness (QED) is 0.353. The number of carboxylic acid groups (broad SMARTS) is 2. The summed E-state index contributed by atoms with van der Waals surface area (Å²) in [5, 5.41) is 19.1. The standard InChI is InChI=1S/C23H23N3O7S/c1-23(2,3)13-7-9-15(10-8-13)34(32,33)26-14-6-4-5-12(11-14)16-17(21(28)29)19(24)25-20(27)18(16)22(30)31/h4-11,26H,1-3H3,(H,28,29)(H,30,31)(H3,24,25,27). The smallest absolute Gasteiger partial charge is 0.342 e. The number of carbonyl (C=O) groups is 2. The Labute approximate surface area is 195 Å². The molecule has 0 fully saturated rings. The Morgan fingerprint density at radius 1 is 0.971 bits per heavy atom. The fourth-order valence-electron chi connectivity index (χ4n) is 3.42. The molecule has 6 N–H and O–H groups in total. The lowest BCUT2D eigenvalue weighted by molar-refractivity contribution is 0.0695. The minimum atomic E-state index is -4.02. The summed E-state index contributed by atoms with van der Waals surface area (Å²) < 4.78 is 28.2. The van der Waals surface area contributed by atoms with E-state index in [-0.39, 0.29) is 21.6 Å². The molecule has 178 valence electrons.